The first-order valence-electron chi connectivity index (χ1n) is 7.10. The van der Waals surface area contributed by atoms with Gasteiger partial charge in [-0.15, -0.1) is 0 Å². The van der Waals surface area contributed by atoms with Crippen molar-refractivity contribution in [2.75, 3.05) is 13.1 Å². The number of aromatic nitrogens is 1. The summed E-state index contributed by atoms with van der Waals surface area (Å²) < 4.78 is 0. The molecule has 104 valence electrons. The lowest BCUT2D eigenvalue weighted by molar-refractivity contribution is -0.135. The Hall–Kier alpha value is -1.42. The molecule has 2 atom stereocenters. The third-order valence-electron chi connectivity index (χ3n) is 3.95. The average molecular weight is 261 g/mol. The molecule has 0 bridgehead atoms. The maximum atomic E-state index is 12.3. The zero-order valence-corrected chi connectivity index (χ0v) is 11.6. The predicted octanol–water partition coefficient (Wildman–Crippen LogP) is 1.60. The molecule has 1 aliphatic heterocycles. The summed E-state index contributed by atoms with van der Waals surface area (Å²) in [7, 11) is 0. The van der Waals surface area contributed by atoms with Crippen LogP contribution in [-0.4, -0.2) is 34.9 Å². The lowest BCUT2D eigenvalue weighted by Crippen LogP contribution is -2.47. The van der Waals surface area contributed by atoms with Crippen molar-refractivity contribution in [1.29, 1.82) is 0 Å². The maximum Gasteiger partial charge on any atom is 0.223 e. The van der Waals surface area contributed by atoms with Gasteiger partial charge in [0, 0.05) is 30.9 Å². The molecular weight excluding hydrogens is 238 g/mol. The second kappa shape index (κ2) is 6.66. The Balaban J connectivity index is 1.88. The quantitative estimate of drug-likeness (QED) is 0.895. The van der Waals surface area contributed by atoms with E-state index in [9.17, 15) is 4.79 Å². The van der Waals surface area contributed by atoms with Crippen molar-refractivity contribution in [1.82, 2.24) is 9.88 Å². The van der Waals surface area contributed by atoms with Gasteiger partial charge in [0.1, 0.15) is 0 Å². The van der Waals surface area contributed by atoms with E-state index in [4.69, 9.17) is 5.73 Å². The lowest BCUT2D eigenvalue weighted by Gasteiger charge is -2.37. The number of likely N-dealkylation sites (tertiary alicyclic amines) is 1. The van der Waals surface area contributed by atoms with Crippen LogP contribution in [-0.2, 0) is 11.2 Å². The summed E-state index contributed by atoms with van der Waals surface area (Å²) in [5.74, 6) is 0.700. The van der Waals surface area contributed by atoms with Gasteiger partial charge in [-0.2, -0.15) is 0 Å². The molecule has 0 radical (unpaired) electrons. The number of piperidine rings is 1. The molecule has 0 aromatic carbocycles. The minimum atomic E-state index is 0.233. The van der Waals surface area contributed by atoms with Crippen molar-refractivity contribution in [2.24, 2.45) is 11.7 Å². The summed E-state index contributed by atoms with van der Waals surface area (Å²) in [6, 6.07) is 6.17. The number of nitrogens with zero attached hydrogens (tertiary/aromatic N) is 2. The highest BCUT2D eigenvalue weighted by Crippen LogP contribution is 2.22. The highest BCUT2D eigenvalue weighted by atomic mass is 16.2. The Morgan fingerprint density at radius 2 is 2.32 bits per heavy atom. The summed E-state index contributed by atoms with van der Waals surface area (Å²) >= 11 is 0. The van der Waals surface area contributed by atoms with Gasteiger partial charge in [0.05, 0.1) is 0 Å². The Morgan fingerprint density at radius 1 is 1.47 bits per heavy atom. The predicted molar refractivity (Wildman–Crippen MR) is 75.5 cm³/mol. The van der Waals surface area contributed by atoms with E-state index < -0.39 is 0 Å². The molecule has 1 saturated heterocycles. The van der Waals surface area contributed by atoms with Gasteiger partial charge in [0.25, 0.3) is 0 Å². The van der Waals surface area contributed by atoms with Crippen molar-refractivity contribution >= 4 is 5.91 Å². The van der Waals surface area contributed by atoms with Gasteiger partial charge in [-0.05, 0) is 50.8 Å². The third kappa shape index (κ3) is 3.77. The molecule has 0 saturated carbocycles. The molecule has 2 rings (SSSR count). The van der Waals surface area contributed by atoms with Crippen molar-refractivity contribution in [3.8, 4) is 0 Å². The van der Waals surface area contributed by atoms with Crippen LogP contribution < -0.4 is 5.73 Å². The number of carbonyl (C=O) groups excluding carboxylic acids is 1. The molecule has 4 nitrogen and oxygen atoms in total. The van der Waals surface area contributed by atoms with Crippen LogP contribution in [0.25, 0.3) is 0 Å². The van der Waals surface area contributed by atoms with Crippen LogP contribution in [0, 0.1) is 5.92 Å². The maximum absolute atomic E-state index is 12.3. The smallest absolute Gasteiger partial charge is 0.223 e. The Kier molecular flexibility index (Phi) is 4.91. The van der Waals surface area contributed by atoms with E-state index in [1.165, 1.54) is 0 Å². The largest absolute Gasteiger partial charge is 0.340 e. The molecule has 1 aromatic heterocycles. The second-order valence-corrected chi connectivity index (χ2v) is 5.40. The topological polar surface area (TPSA) is 59.2 Å². The van der Waals surface area contributed by atoms with Crippen LogP contribution in [0.2, 0.25) is 0 Å². The van der Waals surface area contributed by atoms with Crippen LogP contribution in [0.4, 0.5) is 0 Å². The molecule has 0 spiro atoms. The number of hydrogen-bond donors (Lipinski definition) is 1. The Labute approximate surface area is 115 Å². The minimum Gasteiger partial charge on any atom is -0.340 e. The summed E-state index contributed by atoms with van der Waals surface area (Å²) in [6.45, 7) is 3.63. The van der Waals surface area contributed by atoms with Gasteiger partial charge < -0.3 is 10.6 Å². The number of aryl methyl sites for hydroxylation is 1. The number of carbonyl (C=O) groups is 1. The Morgan fingerprint density at radius 3 is 3.00 bits per heavy atom. The van der Waals surface area contributed by atoms with Crippen LogP contribution >= 0.6 is 0 Å². The molecule has 2 unspecified atom stereocenters. The Bertz CT molecular complexity index is 407. The summed E-state index contributed by atoms with van der Waals surface area (Å²) in [6.07, 6.45) is 5.24. The SMILES string of the molecule is CC1CCC(CN)CN1C(=O)CCc1ccccn1. The van der Waals surface area contributed by atoms with Gasteiger partial charge in [0.2, 0.25) is 5.91 Å². The number of amides is 1. The first-order valence-corrected chi connectivity index (χ1v) is 7.10. The number of pyridine rings is 1. The van der Waals surface area contributed by atoms with E-state index >= 15 is 0 Å². The van der Waals surface area contributed by atoms with E-state index in [0.29, 0.717) is 24.9 Å². The van der Waals surface area contributed by atoms with E-state index in [2.05, 4.69) is 11.9 Å². The number of hydrogen-bond acceptors (Lipinski definition) is 3. The van der Waals surface area contributed by atoms with Crippen molar-refractivity contribution in [3.63, 3.8) is 0 Å². The van der Waals surface area contributed by atoms with E-state index in [-0.39, 0.29) is 5.91 Å². The van der Waals surface area contributed by atoms with Crippen molar-refractivity contribution in [2.45, 2.75) is 38.6 Å². The van der Waals surface area contributed by atoms with Crippen LogP contribution in [0.5, 0.6) is 0 Å². The lowest BCUT2D eigenvalue weighted by atomic mass is 9.93. The molecule has 1 amide bonds. The fraction of sp³-hybridized carbons (Fsp3) is 0.600. The fourth-order valence-corrected chi connectivity index (χ4v) is 2.65. The normalized spacial score (nSPS) is 23.4. The zero-order valence-electron chi connectivity index (χ0n) is 11.6. The molecular formula is C15H23N3O. The van der Waals surface area contributed by atoms with Crippen LogP contribution in [0.3, 0.4) is 0 Å². The van der Waals surface area contributed by atoms with Gasteiger partial charge >= 0.3 is 0 Å². The van der Waals surface area contributed by atoms with E-state index in [1.807, 2.05) is 23.1 Å². The highest BCUT2D eigenvalue weighted by molar-refractivity contribution is 5.76. The van der Waals surface area contributed by atoms with Crippen LogP contribution in [0.1, 0.15) is 31.9 Å². The molecule has 1 fully saturated rings. The molecule has 1 aromatic rings. The first-order chi connectivity index (χ1) is 9.20. The summed E-state index contributed by atoms with van der Waals surface area (Å²) in [4.78, 5) is 18.6. The molecule has 2 heterocycles. The molecule has 2 N–H and O–H groups in total. The third-order valence-corrected chi connectivity index (χ3v) is 3.95. The van der Waals surface area contributed by atoms with Gasteiger partial charge in [-0.25, -0.2) is 0 Å². The summed E-state index contributed by atoms with van der Waals surface area (Å²) in [5, 5.41) is 0. The number of rotatable bonds is 4. The monoisotopic (exact) mass is 261 g/mol. The van der Waals surface area contributed by atoms with E-state index in [1.54, 1.807) is 6.20 Å². The first kappa shape index (κ1) is 14.0. The zero-order chi connectivity index (χ0) is 13.7. The highest BCUT2D eigenvalue weighted by Gasteiger charge is 2.27. The van der Waals surface area contributed by atoms with Gasteiger partial charge in [-0.1, -0.05) is 6.07 Å². The number of nitrogens with two attached hydrogens (primary N) is 1. The molecule has 0 aliphatic carbocycles. The van der Waals surface area contributed by atoms with Gasteiger partial charge in [-0.3, -0.25) is 9.78 Å². The van der Waals surface area contributed by atoms with Crippen molar-refractivity contribution < 1.29 is 4.79 Å². The molecule has 1 aliphatic rings. The molecule has 4 heteroatoms. The summed E-state index contributed by atoms with van der Waals surface area (Å²) in [5.41, 5.74) is 6.71. The molecule has 19 heavy (non-hydrogen) atoms. The van der Waals surface area contributed by atoms with Gasteiger partial charge in [0.15, 0.2) is 0 Å². The van der Waals surface area contributed by atoms with Crippen molar-refractivity contribution in [3.05, 3.63) is 30.1 Å². The van der Waals surface area contributed by atoms with E-state index in [0.717, 1.165) is 31.5 Å². The fourth-order valence-electron chi connectivity index (χ4n) is 2.65. The standard InChI is InChI=1S/C15H23N3O/c1-12-5-6-13(10-16)11-18(12)15(19)8-7-14-4-2-3-9-17-14/h2-4,9,12-13H,5-8,10-11,16H2,1H3. The average Bonchev–Trinajstić information content (AvgIpc) is 2.46. The minimum absolute atomic E-state index is 0.233. The van der Waals surface area contributed by atoms with Crippen LogP contribution in [0.15, 0.2) is 24.4 Å². The second-order valence-electron chi connectivity index (χ2n) is 5.40.